The summed E-state index contributed by atoms with van der Waals surface area (Å²) in [4.78, 5) is 22.8. The van der Waals surface area contributed by atoms with E-state index in [2.05, 4.69) is 10.1 Å². The normalized spacial score (nSPS) is 27.1. The van der Waals surface area contributed by atoms with Gasteiger partial charge in [-0.1, -0.05) is 6.42 Å². The molecule has 0 aliphatic heterocycles. The summed E-state index contributed by atoms with van der Waals surface area (Å²) >= 11 is 0. The van der Waals surface area contributed by atoms with Gasteiger partial charge in [-0.25, -0.2) is 4.79 Å². The van der Waals surface area contributed by atoms with Gasteiger partial charge in [0.05, 0.1) is 13.0 Å². The van der Waals surface area contributed by atoms with E-state index < -0.39 is 12.0 Å². The van der Waals surface area contributed by atoms with E-state index in [1.54, 1.807) is 6.92 Å². The molecule has 1 amide bonds. The second kappa shape index (κ2) is 5.11. The first-order valence-electron chi connectivity index (χ1n) is 5.20. The molecule has 1 aliphatic rings. The standard InChI is InChI=1S/C10H18N2O3/c1-6(10(14)15-2)12-9(13)7-4-3-5-8(7)11/h6-8H,3-5,11H2,1-2H3,(H,12,13). The van der Waals surface area contributed by atoms with Crippen molar-refractivity contribution in [1.82, 2.24) is 5.32 Å². The van der Waals surface area contributed by atoms with Gasteiger partial charge in [0.25, 0.3) is 0 Å². The molecule has 1 saturated carbocycles. The molecule has 0 saturated heterocycles. The fourth-order valence-corrected chi connectivity index (χ4v) is 1.87. The molecule has 86 valence electrons. The number of carbonyl (C=O) groups excluding carboxylic acids is 2. The largest absolute Gasteiger partial charge is 0.467 e. The van der Waals surface area contributed by atoms with Gasteiger partial charge in [-0.2, -0.15) is 0 Å². The molecule has 3 atom stereocenters. The van der Waals surface area contributed by atoms with Crippen molar-refractivity contribution in [2.24, 2.45) is 11.7 Å². The summed E-state index contributed by atoms with van der Waals surface area (Å²) in [7, 11) is 1.30. The molecule has 0 spiro atoms. The highest BCUT2D eigenvalue weighted by Crippen LogP contribution is 2.23. The monoisotopic (exact) mass is 214 g/mol. The van der Waals surface area contributed by atoms with Crippen LogP contribution >= 0.6 is 0 Å². The highest BCUT2D eigenvalue weighted by atomic mass is 16.5. The summed E-state index contributed by atoms with van der Waals surface area (Å²) in [5.41, 5.74) is 5.79. The van der Waals surface area contributed by atoms with Crippen molar-refractivity contribution in [3.63, 3.8) is 0 Å². The van der Waals surface area contributed by atoms with Crippen molar-refractivity contribution in [3.8, 4) is 0 Å². The van der Waals surface area contributed by atoms with Crippen LogP contribution in [-0.4, -0.2) is 31.1 Å². The number of methoxy groups -OCH3 is 1. The number of amides is 1. The van der Waals surface area contributed by atoms with Crippen molar-refractivity contribution in [1.29, 1.82) is 0 Å². The van der Waals surface area contributed by atoms with E-state index in [-0.39, 0.29) is 17.9 Å². The van der Waals surface area contributed by atoms with E-state index in [1.165, 1.54) is 7.11 Å². The summed E-state index contributed by atoms with van der Waals surface area (Å²) in [6, 6.07) is -0.676. The van der Waals surface area contributed by atoms with Crippen molar-refractivity contribution in [2.45, 2.75) is 38.3 Å². The molecule has 3 N–H and O–H groups in total. The van der Waals surface area contributed by atoms with Crippen LogP contribution in [0.1, 0.15) is 26.2 Å². The van der Waals surface area contributed by atoms with Crippen molar-refractivity contribution in [3.05, 3.63) is 0 Å². The minimum absolute atomic E-state index is 0.0742. The smallest absolute Gasteiger partial charge is 0.328 e. The molecule has 0 bridgehead atoms. The van der Waals surface area contributed by atoms with Gasteiger partial charge >= 0.3 is 5.97 Å². The van der Waals surface area contributed by atoms with E-state index in [4.69, 9.17) is 5.73 Å². The second-order valence-electron chi connectivity index (χ2n) is 3.95. The summed E-state index contributed by atoms with van der Waals surface area (Å²) < 4.78 is 4.52. The Labute approximate surface area is 89.3 Å². The zero-order chi connectivity index (χ0) is 11.4. The molecule has 0 aromatic heterocycles. The number of nitrogens with two attached hydrogens (primary N) is 1. The maximum Gasteiger partial charge on any atom is 0.328 e. The van der Waals surface area contributed by atoms with Gasteiger partial charge < -0.3 is 15.8 Å². The molecule has 0 aromatic rings. The van der Waals surface area contributed by atoms with Crippen molar-refractivity contribution >= 4 is 11.9 Å². The second-order valence-corrected chi connectivity index (χ2v) is 3.95. The lowest BCUT2D eigenvalue weighted by Gasteiger charge is -2.18. The van der Waals surface area contributed by atoms with Crippen LogP contribution < -0.4 is 11.1 Å². The quantitative estimate of drug-likeness (QED) is 0.637. The Morgan fingerprint density at radius 1 is 1.47 bits per heavy atom. The molecule has 1 fully saturated rings. The lowest BCUT2D eigenvalue weighted by Crippen LogP contribution is -2.45. The van der Waals surface area contributed by atoms with E-state index >= 15 is 0 Å². The van der Waals surface area contributed by atoms with Crippen LogP contribution in [0.3, 0.4) is 0 Å². The minimum Gasteiger partial charge on any atom is -0.467 e. The summed E-state index contributed by atoms with van der Waals surface area (Å²) in [5.74, 6) is -0.732. The molecule has 5 heteroatoms. The molecule has 3 unspecified atom stereocenters. The highest BCUT2D eigenvalue weighted by Gasteiger charge is 2.31. The molecule has 0 aromatic carbocycles. The number of hydrogen-bond donors (Lipinski definition) is 2. The van der Waals surface area contributed by atoms with Gasteiger partial charge in [0.1, 0.15) is 6.04 Å². The zero-order valence-electron chi connectivity index (χ0n) is 9.16. The van der Waals surface area contributed by atoms with Gasteiger partial charge in [0.2, 0.25) is 5.91 Å². The van der Waals surface area contributed by atoms with Gasteiger partial charge in [-0.05, 0) is 19.8 Å². The summed E-state index contributed by atoms with van der Waals surface area (Å²) in [6.45, 7) is 1.60. The van der Waals surface area contributed by atoms with Gasteiger partial charge in [0, 0.05) is 6.04 Å². The topological polar surface area (TPSA) is 81.4 Å². The van der Waals surface area contributed by atoms with Crippen molar-refractivity contribution < 1.29 is 14.3 Å². The van der Waals surface area contributed by atoms with Crippen molar-refractivity contribution in [2.75, 3.05) is 7.11 Å². The average Bonchev–Trinajstić information content (AvgIpc) is 2.63. The van der Waals surface area contributed by atoms with Crippen LogP contribution in [0, 0.1) is 5.92 Å². The molecule has 5 nitrogen and oxygen atoms in total. The van der Waals surface area contributed by atoms with E-state index in [1.807, 2.05) is 0 Å². The third-order valence-corrected chi connectivity index (χ3v) is 2.82. The Kier molecular flexibility index (Phi) is 4.08. The van der Waals surface area contributed by atoms with E-state index in [0.717, 1.165) is 19.3 Å². The number of ether oxygens (including phenoxy) is 1. The van der Waals surface area contributed by atoms with Crippen LogP contribution in [0.4, 0.5) is 0 Å². The van der Waals surface area contributed by atoms with Gasteiger partial charge in [0.15, 0.2) is 0 Å². The maximum absolute atomic E-state index is 11.7. The Morgan fingerprint density at radius 3 is 2.60 bits per heavy atom. The number of carbonyl (C=O) groups is 2. The number of hydrogen-bond acceptors (Lipinski definition) is 4. The number of nitrogens with one attached hydrogen (secondary N) is 1. The summed E-state index contributed by atoms with van der Waals surface area (Å²) in [6.07, 6.45) is 2.66. The third-order valence-electron chi connectivity index (χ3n) is 2.82. The maximum atomic E-state index is 11.7. The minimum atomic E-state index is -0.602. The molecular formula is C10H18N2O3. The zero-order valence-corrected chi connectivity index (χ0v) is 9.16. The first kappa shape index (κ1) is 12.0. The predicted molar refractivity (Wildman–Crippen MR) is 54.9 cm³/mol. The predicted octanol–water partition coefficient (Wildman–Crippen LogP) is -0.208. The lowest BCUT2D eigenvalue weighted by molar-refractivity contribution is -0.145. The fourth-order valence-electron chi connectivity index (χ4n) is 1.87. The molecule has 0 heterocycles. The third kappa shape index (κ3) is 2.92. The van der Waals surface area contributed by atoms with Crippen LogP contribution in [0.2, 0.25) is 0 Å². The van der Waals surface area contributed by atoms with Gasteiger partial charge in [-0.15, -0.1) is 0 Å². The Balaban J connectivity index is 2.44. The number of esters is 1. The highest BCUT2D eigenvalue weighted by molar-refractivity contribution is 5.85. The molecule has 1 rings (SSSR count). The van der Waals surface area contributed by atoms with E-state index in [0.29, 0.717) is 0 Å². The fraction of sp³-hybridized carbons (Fsp3) is 0.800. The van der Waals surface area contributed by atoms with Crippen LogP contribution in [-0.2, 0) is 14.3 Å². The first-order chi connectivity index (χ1) is 7.06. The Morgan fingerprint density at radius 2 is 2.13 bits per heavy atom. The lowest BCUT2D eigenvalue weighted by atomic mass is 10.0. The Hall–Kier alpha value is -1.10. The molecular weight excluding hydrogens is 196 g/mol. The van der Waals surface area contributed by atoms with Gasteiger partial charge in [-0.3, -0.25) is 4.79 Å². The SMILES string of the molecule is COC(=O)C(C)NC(=O)C1CCCC1N. The summed E-state index contributed by atoms with van der Waals surface area (Å²) in [5, 5.41) is 2.61. The molecule has 0 radical (unpaired) electrons. The molecule has 1 aliphatic carbocycles. The van der Waals surface area contributed by atoms with Crippen LogP contribution in [0.5, 0.6) is 0 Å². The number of rotatable bonds is 3. The molecule has 15 heavy (non-hydrogen) atoms. The average molecular weight is 214 g/mol. The first-order valence-corrected chi connectivity index (χ1v) is 5.20. The Bertz CT molecular complexity index is 255. The van der Waals surface area contributed by atoms with Crippen LogP contribution in [0.25, 0.3) is 0 Å². The van der Waals surface area contributed by atoms with Crippen LogP contribution in [0.15, 0.2) is 0 Å². The van der Waals surface area contributed by atoms with E-state index in [9.17, 15) is 9.59 Å².